The molecule has 1 heterocycles. The first kappa shape index (κ1) is 12.9. The summed E-state index contributed by atoms with van der Waals surface area (Å²) in [6, 6.07) is 5.49. The first-order chi connectivity index (χ1) is 9.60. The summed E-state index contributed by atoms with van der Waals surface area (Å²) < 4.78 is 5.95. The highest BCUT2D eigenvalue weighted by atomic mass is 16.5. The van der Waals surface area contributed by atoms with Crippen LogP contribution in [0.5, 0.6) is 0 Å². The highest BCUT2D eigenvalue weighted by molar-refractivity contribution is 5.95. The number of aromatic nitrogens is 1. The van der Waals surface area contributed by atoms with Crippen LogP contribution in [0.4, 0.5) is 0 Å². The number of rotatable bonds is 3. The van der Waals surface area contributed by atoms with Crippen LogP contribution >= 0.6 is 0 Å². The smallest absolute Gasteiger partial charge is 0.338 e. The molecule has 1 aromatic heterocycles. The maximum absolute atomic E-state index is 12.2. The van der Waals surface area contributed by atoms with Crippen molar-refractivity contribution in [3.05, 3.63) is 46.3 Å². The topological polar surface area (TPSA) is 53.2 Å². The highest BCUT2D eigenvalue weighted by Crippen LogP contribution is 2.40. The lowest BCUT2D eigenvalue weighted by atomic mass is 10.0. The molecule has 1 fully saturated rings. The van der Waals surface area contributed by atoms with Crippen LogP contribution in [0.2, 0.25) is 0 Å². The number of hydrogen-bond acceptors (Lipinski definition) is 3. The van der Waals surface area contributed by atoms with E-state index in [1.165, 1.54) is 0 Å². The first-order valence-electron chi connectivity index (χ1n) is 6.94. The highest BCUT2D eigenvalue weighted by Gasteiger charge is 2.27. The molecule has 1 aliphatic rings. The van der Waals surface area contributed by atoms with Gasteiger partial charge in [0.1, 0.15) is 0 Å². The van der Waals surface area contributed by atoms with Crippen molar-refractivity contribution in [2.75, 3.05) is 6.61 Å². The molecule has 4 heteroatoms. The molecule has 104 valence electrons. The van der Waals surface area contributed by atoms with Gasteiger partial charge < -0.3 is 9.94 Å². The van der Waals surface area contributed by atoms with Crippen LogP contribution in [-0.4, -0.2) is 12.6 Å². The summed E-state index contributed by atoms with van der Waals surface area (Å²) in [6.07, 6.45) is 3.95. The molecule has 0 radical (unpaired) electrons. The number of benzene rings is 1. The molecule has 0 amide bonds. The predicted molar refractivity (Wildman–Crippen MR) is 75.6 cm³/mol. The second kappa shape index (κ2) is 4.78. The van der Waals surface area contributed by atoms with Crippen LogP contribution in [0.25, 0.3) is 10.9 Å². The Morgan fingerprint density at radius 1 is 1.40 bits per heavy atom. The summed E-state index contributed by atoms with van der Waals surface area (Å²) in [4.78, 5) is 11.8. The van der Waals surface area contributed by atoms with E-state index in [4.69, 9.17) is 4.74 Å². The van der Waals surface area contributed by atoms with Crippen molar-refractivity contribution < 1.29 is 14.3 Å². The second-order valence-electron chi connectivity index (χ2n) is 5.32. The van der Waals surface area contributed by atoms with Crippen molar-refractivity contribution in [3.63, 3.8) is 0 Å². The minimum atomic E-state index is -0.341. The SMILES string of the molecule is CCOC(=O)c1cc(C)c2c(c1)cc(C1CC1)c[n+]2[O-]. The number of carbonyl (C=O) groups excluding carboxylic acids is 1. The Kier molecular flexibility index (Phi) is 3.08. The van der Waals surface area contributed by atoms with Gasteiger partial charge in [0.25, 0.3) is 0 Å². The Bertz CT molecular complexity index is 690. The van der Waals surface area contributed by atoms with E-state index >= 15 is 0 Å². The fourth-order valence-corrected chi connectivity index (χ4v) is 2.61. The van der Waals surface area contributed by atoms with Gasteiger partial charge in [-0.1, -0.05) is 0 Å². The Morgan fingerprint density at radius 2 is 2.15 bits per heavy atom. The first-order valence-corrected chi connectivity index (χ1v) is 6.94. The largest absolute Gasteiger partial charge is 0.618 e. The molecule has 0 spiro atoms. The third-order valence-electron chi connectivity index (χ3n) is 3.70. The molecule has 0 bridgehead atoms. The Morgan fingerprint density at radius 3 is 2.80 bits per heavy atom. The maximum atomic E-state index is 12.2. The van der Waals surface area contributed by atoms with Gasteiger partial charge in [0.2, 0.25) is 5.52 Å². The van der Waals surface area contributed by atoms with Gasteiger partial charge in [0, 0.05) is 16.5 Å². The van der Waals surface area contributed by atoms with Gasteiger partial charge in [0.15, 0.2) is 6.20 Å². The monoisotopic (exact) mass is 271 g/mol. The number of pyridine rings is 1. The number of carbonyl (C=O) groups is 1. The van der Waals surface area contributed by atoms with Crippen molar-refractivity contribution >= 4 is 16.9 Å². The minimum absolute atomic E-state index is 0.341. The molecular weight excluding hydrogens is 254 g/mol. The molecule has 4 nitrogen and oxygen atoms in total. The molecular formula is C16H17NO3. The van der Waals surface area contributed by atoms with Gasteiger partial charge in [0.05, 0.1) is 12.2 Å². The van der Waals surface area contributed by atoms with E-state index in [9.17, 15) is 10.0 Å². The zero-order chi connectivity index (χ0) is 14.3. The number of fused-ring (bicyclic) bond motifs is 1. The molecule has 3 rings (SSSR count). The molecule has 1 aliphatic carbocycles. The van der Waals surface area contributed by atoms with Crippen LogP contribution in [0.15, 0.2) is 24.4 Å². The summed E-state index contributed by atoms with van der Waals surface area (Å²) in [5, 5.41) is 13.0. The van der Waals surface area contributed by atoms with Crippen LogP contribution in [-0.2, 0) is 4.74 Å². The third-order valence-corrected chi connectivity index (χ3v) is 3.70. The number of ether oxygens (including phenoxy) is 1. The Hall–Kier alpha value is -2.10. The molecule has 0 atom stereocenters. The van der Waals surface area contributed by atoms with E-state index in [2.05, 4.69) is 0 Å². The molecule has 0 N–H and O–H groups in total. The van der Waals surface area contributed by atoms with Crippen molar-refractivity contribution in [2.45, 2.75) is 32.6 Å². The lowest BCUT2D eigenvalue weighted by molar-refractivity contribution is -0.577. The van der Waals surface area contributed by atoms with E-state index in [0.717, 1.165) is 34.1 Å². The maximum Gasteiger partial charge on any atom is 0.338 e. The number of esters is 1. The van der Waals surface area contributed by atoms with Crippen molar-refractivity contribution in [1.82, 2.24) is 0 Å². The molecule has 20 heavy (non-hydrogen) atoms. The van der Waals surface area contributed by atoms with E-state index in [-0.39, 0.29) is 5.97 Å². The van der Waals surface area contributed by atoms with Crippen LogP contribution < -0.4 is 4.73 Å². The van der Waals surface area contributed by atoms with Gasteiger partial charge >= 0.3 is 5.97 Å². The average molecular weight is 271 g/mol. The van der Waals surface area contributed by atoms with Gasteiger partial charge in [-0.2, -0.15) is 4.73 Å². The quantitative estimate of drug-likeness (QED) is 0.490. The summed E-state index contributed by atoms with van der Waals surface area (Å²) in [7, 11) is 0. The third kappa shape index (κ3) is 2.22. The normalized spacial score (nSPS) is 14.5. The predicted octanol–water partition coefficient (Wildman–Crippen LogP) is 2.84. The Balaban J connectivity index is 2.15. The molecule has 0 unspecified atom stereocenters. The van der Waals surface area contributed by atoms with E-state index in [1.54, 1.807) is 25.3 Å². The van der Waals surface area contributed by atoms with E-state index in [0.29, 0.717) is 23.6 Å². The number of hydrogen-bond donors (Lipinski definition) is 0. The minimum Gasteiger partial charge on any atom is -0.618 e. The summed E-state index contributed by atoms with van der Waals surface area (Å²) in [6.45, 7) is 3.97. The number of nitrogens with zero attached hydrogens (tertiary/aromatic N) is 1. The fourth-order valence-electron chi connectivity index (χ4n) is 2.61. The zero-order valence-electron chi connectivity index (χ0n) is 11.7. The van der Waals surface area contributed by atoms with Gasteiger partial charge in [-0.25, -0.2) is 4.79 Å². The van der Waals surface area contributed by atoms with Gasteiger partial charge in [-0.05, 0) is 50.8 Å². The lowest BCUT2D eigenvalue weighted by Crippen LogP contribution is -2.28. The standard InChI is InChI=1S/C16H17NO3/c1-3-20-16(18)13-6-10(2)15-12(7-13)8-14(9-17(15)19)11-4-5-11/h6-9,11H,3-5H2,1-2H3. The molecule has 0 aliphatic heterocycles. The van der Waals surface area contributed by atoms with E-state index in [1.807, 2.05) is 13.0 Å². The van der Waals surface area contributed by atoms with Crippen LogP contribution in [0, 0.1) is 12.1 Å². The van der Waals surface area contributed by atoms with Gasteiger partial charge in [-0.3, -0.25) is 0 Å². The van der Waals surface area contributed by atoms with Crippen LogP contribution in [0.3, 0.4) is 0 Å². The van der Waals surface area contributed by atoms with E-state index < -0.39 is 0 Å². The van der Waals surface area contributed by atoms with Crippen molar-refractivity contribution in [2.24, 2.45) is 0 Å². The Labute approximate surface area is 117 Å². The average Bonchev–Trinajstić information content (AvgIpc) is 3.22. The fraction of sp³-hybridized carbons (Fsp3) is 0.375. The summed E-state index contributed by atoms with van der Waals surface area (Å²) in [5.74, 6) is 0.165. The lowest BCUT2D eigenvalue weighted by Gasteiger charge is -2.09. The number of aryl methyl sites for hydroxylation is 1. The zero-order valence-corrected chi connectivity index (χ0v) is 11.7. The van der Waals surface area contributed by atoms with Gasteiger partial charge in [-0.15, -0.1) is 0 Å². The molecule has 0 saturated heterocycles. The van der Waals surface area contributed by atoms with Crippen LogP contribution in [0.1, 0.15) is 47.2 Å². The second-order valence-corrected chi connectivity index (χ2v) is 5.32. The summed E-state index contributed by atoms with van der Waals surface area (Å²) >= 11 is 0. The molecule has 1 saturated carbocycles. The molecule has 1 aromatic carbocycles. The molecule has 2 aromatic rings. The summed E-state index contributed by atoms with van der Waals surface area (Å²) in [5.41, 5.74) is 2.99. The van der Waals surface area contributed by atoms with Crippen molar-refractivity contribution in [3.8, 4) is 0 Å². The van der Waals surface area contributed by atoms with Crippen molar-refractivity contribution in [1.29, 1.82) is 0 Å².